The summed E-state index contributed by atoms with van der Waals surface area (Å²) in [4.78, 5) is 0. The molecule has 4 unspecified atom stereocenters. The third-order valence-corrected chi connectivity index (χ3v) is 4.99. The summed E-state index contributed by atoms with van der Waals surface area (Å²) in [5, 5.41) is 3.86. The van der Waals surface area contributed by atoms with Crippen molar-refractivity contribution in [2.24, 2.45) is 0 Å². The van der Waals surface area contributed by atoms with Gasteiger partial charge in [-0.05, 0) is 44.1 Å². The Morgan fingerprint density at radius 1 is 1.26 bits per heavy atom. The van der Waals surface area contributed by atoms with E-state index >= 15 is 0 Å². The fraction of sp³-hybridized carbons (Fsp3) is 0.647. The molecular weight excluding hydrogens is 234 g/mol. The molecule has 104 valence electrons. The summed E-state index contributed by atoms with van der Waals surface area (Å²) in [6.45, 7) is 5.39. The van der Waals surface area contributed by atoms with Crippen molar-refractivity contribution in [3.05, 3.63) is 35.9 Å². The smallest absolute Gasteiger partial charge is 0.0729 e. The minimum Gasteiger partial charge on any atom is -0.375 e. The maximum atomic E-state index is 6.11. The first-order chi connectivity index (χ1) is 9.20. The highest BCUT2D eigenvalue weighted by Gasteiger charge is 2.40. The van der Waals surface area contributed by atoms with Crippen molar-refractivity contribution in [1.29, 1.82) is 0 Å². The third-order valence-electron chi connectivity index (χ3n) is 4.99. The molecule has 1 aromatic rings. The lowest BCUT2D eigenvalue weighted by Crippen LogP contribution is -2.62. The molecule has 1 aliphatic heterocycles. The second-order valence-electron chi connectivity index (χ2n) is 6.44. The van der Waals surface area contributed by atoms with Crippen molar-refractivity contribution in [1.82, 2.24) is 5.32 Å². The average Bonchev–Trinajstić information content (AvgIpc) is 2.47. The van der Waals surface area contributed by atoms with Crippen LogP contribution < -0.4 is 5.32 Å². The van der Waals surface area contributed by atoms with Gasteiger partial charge in [-0.1, -0.05) is 37.3 Å². The first kappa shape index (κ1) is 13.1. The monoisotopic (exact) mass is 259 g/mol. The number of benzene rings is 1. The molecule has 0 aromatic heterocycles. The van der Waals surface area contributed by atoms with Gasteiger partial charge >= 0.3 is 0 Å². The van der Waals surface area contributed by atoms with Gasteiger partial charge in [0.2, 0.25) is 0 Å². The number of fused-ring (bicyclic) bond motifs is 1. The lowest BCUT2D eigenvalue weighted by molar-refractivity contribution is -0.0767. The van der Waals surface area contributed by atoms with Gasteiger partial charge in [0.15, 0.2) is 0 Å². The van der Waals surface area contributed by atoms with Crippen molar-refractivity contribution >= 4 is 0 Å². The fourth-order valence-electron chi connectivity index (χ4n) is 3.51. The molecule has 0 amide bonds. The summed E-state index contributed by atoms with van der Waals surface area (Å²) in [7, 11) is 0. The molecule has 0 bridgehead atoms. The molecule has 2 nitrogen and oxygen atoms in total. The van der Waals surface area contributed by atoms with Crippen LogP contribution in [-0.2, 0) is 4.74 Å². The van der Waals surface area contributed by atoms with Gasteiger partial charge in [0.05, 0.1) is 12.7 Å². The molecule has 1 aromatic carbocycles. The van der Waals surface area contributed by atoms with Crippen LogP contribution in [0.5, 0.6) is 0 Å². The van der Waals surface area contributed by atoms with Crippen molar-refractivity contribution < 1.29 is 4.74 Å². The summed E-state index contributed by atoms with van der Waals surface area (Å²) < 4.78 is 6.11. The molecule has 2 fully saturated rings. The highest BCUT2D eigenvalue weighted by molar-refractivity contribution is 5.21. The normalized spacial score (nSPS) is 38.7. The second-order valence-corrected chi connectivity index (χ2v) is 6.44. The van der Waals surface area contributed by atoms with E-state index in [1.54, 1.807) is 0 Å². The first-order valence-corrected chi connectivity index (χ1v) is 7.64. The van der Waals surface area contributed by atoms with Gasteiger partial charge in [0.1, 0.15) is 0 Å². The Morgan fingerprint density at radius 2 is 2.05 bits per heavy atom. The molecular formula is C17H25NO. The predicted molar refractivity (Wildman–Crippen MR) is 78.4 cm³/mol. The molecule has 1 heterocycles. The van der Waals surface area contributed by atoms with Crippen LogP contribution in [-0.4, -0.2) is 24.3 Å². The molecule has 2 heteroatoms. The highest BCUT2D eigenvalue weighted by Crippen LogP contribution is 2.37. The molecule has 19 heavy (non-hydrogen) atoms. The van der Waals surface area contributed by atoms with E-state index in [1.165, 1.54) is 24.8 Å². The van der Waals surface area contributed by atoms with E-state index in [4.69, 9.17) is 4.74 Å². The van der Waals surface area contributed by atoms with Gasteiger partial charge in [0.25, 0.3) is 0 Å². The zero-order chi connectivity index (χ0) is 13.3. The first-order valence-electron chi connectivity index (χ1n) is 7.64. The number of rotatable bonds is 2. The van der Waals surface area contributed by atoms with Crippen LogP contribution in [0.25, 0.3) is 0 Å². The highest BCUT2D eigenvalue weighted by atomic mass is 16.5. The van der Waals surface area contributed by atoms with E-state index in [0.29, 0.717) is 18.1 Å². The van der Waals surface area contributed by atoms with Crippen LogP contribution in [0.15, 0.2) is 30.3 Å². The minimum absolute atomic E-state index is 0.166. The molecule has 0 radical (unpaired) electrons. The quantitative estimate of drug-likeness (QED) is 0.878. The average molecular weight is 259 g/mol. The van der Waals surface area contributed by atoms with Crippen LogP contribution in [0.1, 0.15) is 51.0 Å². The Balaban J connectivity index is 1.71. The van der Waals surface area contributed by atoms with Crippen LogP contribution in [0.3, 0.4) is 0 Å². The third kappa shape index (κ3) is 2.70. The zero-order valence-electron chi connectivity index (χ0n) is 12.1. The Labute approximate surface area is 116 Å². The van der Waals surface area contributed by atoms with Gasteiger partial charge < -0.3 is 10.1 Å². The minimum atomic E-state index is 0.166. The van der Waals surface area contributed by atoms with E-state index in [2.05, 4.69) is 49.5 Å². The zero-order valence-corrected chi connectivity index (χ0v) is 12.1. The van der Waals surface area contributed by atoms with Crippen molar-refractivity contribution in [3.63, 3.8) is 0 Å². The number of hydrogen-bond acceptors (Lipinski definition) is 2. The van der Waals surface area contributed by atoms with E-state index in [0.717, 1.165) is 13.0 Å². The summed E-state index contributed by atoms with van der Waals surface area (Å²) in [5.41, 5.74) is 1.66. The van der Waals surface area contributed by atoms with Crippen molar-refractivity contribution in [2.45, 2.75) is 63.1 Å². The summed E-state index contributed by atoms with van der Waals surface area (Å²) in [6, 6.07) is 11.5. The molecule has 1 aliphatic carbocycles. The molecule has 1 N–H and O–H groups in total. The van der Waals surface area contributed by atoms with E-state index in [-0.39, 0.29) is 5.54 Å². The number of nitrogens with one attached hydrogen (secondary N) is 1. The van der Waals surface area contributed by atoms with Gasteiger partial charge in [-0.15, -0.1) is 0 Å². The predicted octanol–water partition coefficient (Wildman–Crippen LogP) is 3.48. The fourth-order valence-corrected chi connectivity index (χ4v) is 3.51. The maximum Gasteiger partial charge on any atom is 0.0729 e. The van der Waals surface area contributed by atoms with Gasteiger partial charge in [-0.3, -0.25) is 0 Å². The maximum absolute atomic E-state index is 6.11. The van der Waals surface area contributed by atoms with E-state index < -0.39 is 0 Å². The van der Waals surface area contributed by atoms with Gasteiger partial charge in [0, 0.05) is 11.6 Å². The SMILES string of the molecule is CCC1(C)COC2CCC(c3ccccc3)CC2N1. The van der Waals surface area contributed by atoms with Crippen LogP contribution in [0, 0.1) is 0 Å². The Morgan fingerprint density at radius 3 is 2.79 bits per heavy atom. The lowest BCUT2D eigenvalue weighted by Gasteiger charge is -2.47. The molecule has 0 spiro atoms. The molecule has 2 aliphatic rings. The van der Waals surface area contributed by atoms with Gasteiger partial charge in [-0.25, -0.2) is 0 Å². The largest absolute Gasteiger partial charge is 0.375 e. The Hall–Kier alpha value is -0.860. The number of morpholine rings is 1. The summed E-state index contributed by atoms with van der Waals surface area (Å²) >= 11 is 0. The number of hydrogen-bond donors (Lipinski definition) is 1. The van der Waals surface area contributed by atoms with Crippen molar-refractivity contribution in [3.8, 4) is 0 Å². The Kier molecular flexibility index (Phi) is 3.64. The van der Waals surface area contributed by atoms with Crippen LogP contribution >= 0.6 is 0 Å². The summed E-state index contributed by atoms with van der Waals surface area (Å²) in [5.74, 6) is 0.692. The van der Waals surface area contributed by atoms with Crippen LogP contribution in [0.2, 0.25) is 0 Å². The topological polar surface area (TPSA) is 21.3 Å². The second kappa shape index (κ2) is 5.26. The van der Waals surface area contributed by atoms with Gasteiger partial charge in [-0.2, -0.15) is 0 Å². The van der Waals surface area contributed by atoms with E-state index in [9.17, 15) is 0 Å². The molecule has 1 saturated heterocycles. The standard InChI is InChI=1S/C17H25NO/c1-3-17(2)12-19-16-10-9-14(11-15(16)18-17)13-7-5-4-6-8-13/h4-8,14-16,18H,3,9-12H2,1-2H3. The van der Waals surface area contributed by atoms with Crippen LogP contribution in [0.4, 0.5) is 0 Å². The molecule has 3 rings (SSSR count). The summed E-state index contributed by atoms with van der Waals surface area (Å²) in [6.07, 6.45) is 5.23. The number of ether oxygens (including phenoxy) is 1. The lowest BCUT2D eigenvalue weighted by atomic mass is 9.77. The Bertz CT molecular complexity index is 419. The van der Waals surface area contributed by atoms with Crippen molar-refractivity contribution in [2.75, 3.05) is 6.61 Å². The molecule has 4 atom stereocenters. The molecule has 1 saturated carbocycles. The van der Waals surface area contributed by atoms with E-state index in [1.807, 2.05) is 0 Å².